The topological polar surface area (TPSA) is 26.3 Å². The Balaban J connectivity index is 3.36. The summed E-state index contributed by atoms with van der Waals surface area (Å²) in [6.07, 6.45) is 8.63. The highest BCUT2D eigenvalue weighted by Gasteiger charge is 2.11. The largest absolute Gasteiger partial charge is 0.469 e. The summed E-state index contributed by atoms with van der Waals surface area (Å²) in [6.45, 7) is 6.53. The Morgan fingerprint density at radius 1 is 1.06 bits per heavy atom. The monoisotopic (exact) mass is 228 g/mol. The minimum absolute atomic E-state index is 0.0677. The lowest BCUT2D eigenvalue weighted by Crippen LogP contribution is -2.12. The Bertz CT molecular complexity index is 178. The second-order valence-corrected chi connectivity index (χ2v) is 4.96. The van der Waals surface area contributed by atoms with Crippen molar-refractivity contribution in [3.63, 3.8) is 0 Å². The third-order valence-electron chi connectivity index (χ3n) is 3.22. The molecule has 0 rings (SSSR count). The average Bonchev–Trinajstić information content (AvgIpc) is 2.27. The first-order valence-corrected chi connectivity index (χ1v) is 6.69. The summed E-state index contributed by atoms with van der Waals surface area (Å²) >= 11 is 0. The molecule has 0 aliphatic rings. The standard InChI is InChI=1S/C14H28O2/c1-5-9-12(2)10-7-6-8-11-13(3)14(15)16-4/h12-13H,5-11H2,1-4H3. The lowest BCUT2D eigenvalue weighted by Gasteiger charge is -2.10. The van der Waals surface area contributed by atoms with E-state index in [1.807, 2.05) is 6.92 Å². The smallest absolute Gasteiger partial charge is 0.308 e. The highest BCUT2D eigenvalue weighted by Crippen LogP contribution is 2.17. The van der Waals surface area contributed by atoms with E-state index in [4.69, 9.17) is 4.74 Å². The fourth-order valence-electron chi connectivity index (χ4n) is 2.08. The van der Waals surface area contributed by atoms with Crippen molar-refractivity contribution in [2.24, 2.45) is 11.8 Å². The average molecular weight is 228 g/mol. The van der Waals surface area contributed by atoms with Crippen LogP contribution in [-0.4, -0.2) is 13.1 Å². The number of methoxy groups -OCH3 is 1. The van der Waals surface area contributed by atoms with Crippen molar-refractivity contribution in [3.05, 3.63) is 0 Å². The first-order chi connectivity index (χ1) is 7.61. The van der Waals surface area contributed by atoms with Crippen molar-refractivity contribution in [3.8, 4) is 0 Å². The maximum Gasteiger partial charge on any atom is 0.308 e. The molecule has 2 heteroatoms. The van der Waals surface area contributed by atoms with E-state index < -0.39 is 0 Å². The maximum absolute atomic E-state index is 11.1. The molecule has 0 spiro atoms. The fourth-order valence-corrected chi connectivity index (χ4v) is 2.08. The molecule has 2 nitrogen and oxygen atoms in total. The van der Waals surface area contributed by atoms with E-state index in [1.54, 1.807) is 0 Å². The molecular weight excluding hydrogens is 200 g/mol. The molecule has 0 bridgehead atoms. The van der Waals surface area contributed by atoms with Gasteiger partial charge in [-0.3, -0.25) is 4.79 Å². The van der Waals surface area contributed by atoms with Crippen molar-refractivity contribution >= 4 is 5.97 Å². The molecule has 0 aliphatic heterocycles. The van der Waals surface area contributed by atoms with E-state index in [-0.39, 0.29) is 11.9 Å². The van der Waals surface area contributed by atoms with Gasteiger partial charge in [-0.05, 0) is 12.3 Å². The van der Waals surface area contributed by atoms with Crippen molar-refractivity contribution in [1.82, 2.24) is 0 Å². The van der Waals surface area contributed by atoms with Gasteiger partial charge in [-0.1, -0.05) is 59.3 Å². The van der Waals surface area contributed by atoms with E-state index in [2.05, 4.69) is 13.8 Å². The summed E-state index contributed by atoms with van der Waals surface area (Å²) in [5.74, 6) is 0.862. The Labute approximate surface area is 101 Å². The quantitative estimate of drug-likeness (QED) is 0.437. The van der Waals surface area contributed by atoms with Gasteiger partial charge in [0.05, 0.1) is 13.0 Å². The zero-order valence-electron chi connectivity index (χ0n) is 11.4. The number of esters is 1. The molecule has 0 saturated heterocycles. The number of unbranched alkanes of at least 4 members (excludes halogenated alkanes) is 2. The van der Waals surface area contributed by atoms with Gasteiger partial charge in [0.1, 0.15) is 0 Å². The van der Waals surface area contributed by atoms with Gasteiger partial charge in [-0.25, -0.2) is 0 Å². The zero-order valence-corrected chi connectivity index (χ0v) is 11.4. The summed E-state index contributed by atoms with van der Waals surface area (Å²) in [4.78, 5) is 11.1. The van der Waals surface area contributed by atoms with Crippen LogP contribution in [0.4, 0.5) is 0 Å². The van der Waals surface area contributed by atoms with Crippen LogP contribution < -0.4 is 0 Å². The summed E-state index contributed by atoms with van der Waals surface area (Å²) in [7, 11) is 1.46. The number of hydrogen-bond donors (Lipinski definition) is 0. The van der Waals surface area contributed by atoms with Crippen LogP contribution in [0.3, 0.4) is 0 Å². The van der Waals surface area contributed by atoms with Gasteiger partial charge in [0.15, 0.2) is 0 Å². The second-order valence-electron chi connectivity index (χ2n) is 4.96. The zero-order chi connectivity index (χ0) is 12.4. The van der Waals surface area contributed by atoms with Gasteiger partial charge in [0.25, 0.3) is 0 Å². The molecule has 96 valence electrons. The van der Waals surface area contributed by atoms with Crippen molar-refractivity contribution < 1.29 is 9.53 Å². The SMILES string of the molecule is CCCC(C)CCCCCC(C)C(=O)OC. The van der Waals surface area contributed by atoms with Gasteiger partial charge in [0.2, 0.25) is 0 Å². The molecule has 2 unspecified atom stereocenters. The van der Waals surface area contributed by atoms with Crippen molar-refractivity contribution in [2.75, 3.05) is 7.11 Å². The molecule has 0 aromatic rings. The van der Waals surface area contributed by atoms with E-state index in [0.29, 0.717) is 0 Å². The molecule has 16 heavy (non-hydrogen) atoms. The lowest BCUT2D eigenvalue weighted by atomic mass is 9.97. The van der Waals surface area contributed by atoms with Crippen LogP contribution in [0.1, 0.15) is 65.7 Å². The second kappa shape index (κ2) is 9.68. The summed E-state index contributed by atoms with van der Waals surface area (Å²) < 4.78 is 4.70. The van der Waals surface area contributed by atoms with E-state index in [9.17, 15) is 4.79 Å². The third-order valence-corrected chi connectivity index (χ3v) is 3.22. The van der Waals surface area contributed by atoms with Crippen LogP contribution in [0.25, 0.3) is 0 Å². The highest BCUT2D eigenvalue weighted by atomic mass is 16.5. The Morgan fingerprint density at radius 2 is 1.69 bits per heavy atom. The highest BCUT2D eigenvalue weighted by molar-refractivity contribution is 5.71. The van der Waals surface area contributed by atoms with Crippen LogP contribution in [0.2, 0.25) is 0 Å². The molecule has 0 radical (unpaired) electrons. The normalized spacial score (nSPS) is 14.5. The molecule has 0 aliphatic carbocycles. The minimum Gasteiger partial charge on any atom is -0.469 e. The predicted molar refractivity (Wildman–Crippen MR) is 68.3 cm³/mol. The maximum atomic E-state index is 11.1. The number of carbonyl (C=O) groups is 1. The van der Waals surface area contributed by atoms with E-state index in [1.165, 1.54) is 39.2 Å². The Kier molecular flexibility index (Phi) is 9.36. The first kappa shape index (κ1) is 15.5. The molecule has 0 aromatic heterocycles. The van der Waals surface area contributed by atoms with Crippen LogP contribution in [-0.2, 0) is 9.53 Å². The Hall–Kier alpha value is -0.530. The summed E-state index contributed by atoms with van der Waals surface area (Å²) in [6, 6.07) is 0. The number of ether oxygens (including phenoxy) is 1. The predicted octanol–water partition coefficient (Wildman–Crippen LogP) is 4.18. The molecule has 0 N–H and O–H groups in total. The van der Waals surface area contributed by atoms with E-state index >= 15 is 0 Å². The van der Waals surface area contributed by atoms with Crippen molar-refractivity contribution in [2.45, 2.75) is 65.7 Å². The van der Waals surface area contributed by atoms with Gasteiger partial charge >= 0.3 is 5.97 Å². The van der Waals surface area contributed by atoms with Gasteiger partial charge < -0.3 is 4.74 Å². The molecule has 0 amide bonds. The fraction of sp³-hybridized carbons (Fsp3) is 0.929. The Morgan fingerprint density at radius 3 is 2.25 bits per heavy atom. The van der Waals surface area contributed by atoms with E-state index in [0.717, 1.165) is 18.8 Å². The van der Waals surface area contributed by atoms with Crippen molar-refractivity contribution in [1.29, 1.82) is 0 Å². The van der Waals surface area contributed by atoms with Crippen LogP contribution in [0.5, 0.6) is 0 Å². The molecule has 0 saturated carbocycles. The first-order valence-electron chi connectivity index (χ1n) is 6.69. The minimum atomic E-state index is -0.0700. The van der Waals surface area contributed by atoms with Crippen LogP contribution in [0, 0.1) is 11.8 Å². The molecule has 0 heterocycles. The molecule has 0 fully saturated rings. The van der Waals surface area contributed by atoms with Gasteiger partial charge in [-0.15, -0.1) is 0 Å². The van der Waals surface area contributed by atoms with Gasteiger partial charge in [-0.2, -0.15) is 0 Å². The lowest BCUT2D eigenvalue weighted by molar-refractivity contribution is -0.145. The molecular formula is C14H28O2. The summed E-state index contributed by atoms with van der Waals surface area (Å²) in [5, 5.41) is 0. The third kappa shape index (κ3) is 7.72. The number of hydrogen-bond acceptors (Lipinski definition) is 2. The van der Waals surface area contributed by atoms with Crippen LogP contribution in [0.15, 0.2) is 0 Å². The summed E-state index contributed by atoms with van der Waals surface area (Å²) in [5.41, 5.74) is 0. The van der Waals surface area contributed by atoms with Gasteiger partial charge in [0, 0.05) is 0 Å². The molecule has 2 atom stereocenters. The number of rotatable bonds is 9. The van der Waals surface area contributed by atoms with Crippen LogP contribution >= 0.6 is 0 Å². The molecule has 0 aromatic carbocycles. The number of carbonyl (C=O) groups excluding carboxylic acids is 1.